The number of piperidine rings is 1. The first kappa shape index (κ1) is 23.2. The van der Waals surface area contributed by atoms with Crippen LogP contribution < -0.4 is 19.9 Å². The molecule has 1 heterocycles. The summed E-state index contributed by atoms with van der Waals surface area (Å²) in [6.45, 7) is 4.55. The van der Waals surface area contributed by atoms with Crippen molar-refractivity contribution in [2.45, 2.75) is 19.8 Å². The summed E-state index contributed by atoms with van der Waals surface area (Å²) in [6, 6.07) is 13.0. The number of hydrogen-bond acceptors (Lipinski definition) is 5. The SMILES string of the molecule is CCOc1cc(C(=S)N2CCC(C(N)=O)CC2)ccc1OCCOc1ccccc1Cl. The van der Waals surface area contributed by atoms with Gasteiger partial charge in [0.15, 0.2) is 11.5 Å². The highest BCUT2D eigenvalue weighted by Crippen LogP contribution is 2.30. The molecule has 1 aliphatic heterocycles. The number of thiocarbonyl (C=S) groups is 1. The highest BCUT2D eigenvalue weighted by molar-refractivity contribution is 7.80. The average molecular weight is 463 g/mol. The van der Waals surface area contributed by atoms with Crippen molar-refractivity contribution in [2.75, 3.05) is 32.9 Å². The van der Waals surface area contributed by atoms with Gasteiger partial charge >= 0.3 is 0 Å². The molecule has 0 unspecified atom stereocenters. The molecule has 8 heteroatoms. The highest BCUT2D eigenvalue weighted by atomic mass is 35.5. The average Bonchev–Trinajstić information content (AvgIpc) is 2.78. The normalized spacial score (nSPS) is 14.2. The second-order valence-corrected chi connectivity index (χ2v) is 7.98. The second-order valence-electron chi connectivity index (χ2n) is 7.19. The van der Waals surface area contributed by atoms with Crippen molar-refractivity contribution in [1.29, 1.82) is 0 Å². The molecule has 31 heavy (non-hydrogen) atoms. The van der Waals surface area contributed by atoms with Crippen molar-refractivity contribution in [3.8, 4) is 17.2 Å². The smallest absolute Gasteiger partial charge is 0.220 e. The van der Waals surface area contributed by atoms with Crippen molar-refractivity contribution in [2.24, 2.45) is 11.7 Å². The Hall–Kier alpha value is -2.51. The quantitative estimate of drug-likeness (QED) is 0.447. The van der Waals surface area contributed by atoms with E-state index in [9.17, 15) is 4.79 Å². The molecule has 2 aromatic rings. The molecule has 1 fully saturated rings. The van der Waals surface area contributed by atoms with Gasteiger partial charge in [0.2, 0.25) is 5.91 Å². The van der Waals surface area contributed by atoms with Gasteiger partial charge < -0.3 is 24.8 Å². The van der Waals surface area contributed by atoms with Gasteiger partial charge in [-0.05, 0) is 50.1 Å². The third-order valence-electron chi connectivity index (χ3n) is 5.11. The van der Waals surface area contributed by atoms with Gasteiger partial charge in [-0.25, -0.2) is 0 Å². The predicted molar refractivity (Wildman–Crippen MR) is 125 cm³/mol. The lowest BCUT2D eigenvalue weighted by Crippen LogP contribution is -2.41. The van der Waals surface area contributed by atoms with Crippen LogP contribution in [0.2, 0.25) is 5.02 Å². The summed E-state index contributed by atoms with van der Waals surface area (Å²) >= 11 is 11.8. The van der Waals surface area contributed by atoms with Crippen LogP contribution in [0.25, 0.3) is 0 Å². The van der Waals surface area contributed by atoms with Crippen molar-refractivity contribution in [3.63, 3.8) is 0 Å². The van der Waals surface area contributed by atoms with Crippen LogP contribution in [0, 0.1) is 5.92 Å². The minimum atomic E-state index is -0.232. The number of para-hydroxylation sites is 1. The van der Waals surface area contributed by atoms with Gasteiger partial charge in [-0.2, -0.15) is 0 Å². The van der Waals surface area contributed by atoms with Crippen LogP contribution in [0.3, 0.4) is 0 Å². The maximum atomic E-state index is 11.4. The zero-order chi connectivity index (χ0) is 22.2. The van der Waals surface area contributed by atoms with Crippen molar-refractivity contribution >= 4 is 34.7 Å². The Morgan fingerprint density at radius 1 is 1.06 bits per heavy atom. The summed E-state index contributed by atoms with van der Waals surface area (Å²) in [7, 11) is 0. The number of nitrogens with zero attached hydrogens (tertiary/aromatic N) is 1. The van der Waals surface area contributed by atoms with E-state index in [1.165, 1.54) is 0 Å². The van der Waals surface area contributed by atoms with E-state index < -0.39 is 0 Å². The molecule has 1 amide bonds. The van der Waals surface area contributed by atoms with E-state index in [2.05, 4.69) is 4.90 Å². The molecule has 1 aliphatic rings. The summed E-state index contributed by atoms with van der Waals surface area (Å²) in [6.07, 6.45) is 1.45. The number of carbonyl (C=O) groups excluding carboxylic acids is 1. The molecule has 6 nitrogen and oxygen atoms in total. The molecule has 1 saturated heterocycles. The number of carbonyl (C=O) groups is 1. The first-order chi connectivity index (χ1) is 15.0. The highest BCUT2D eigenvalue weighted by Gasteiger charge is 2.25. The van der Waals surface area contributed by atoms with Gasteiger partial charge in [-0.1, -0.05) is 36.0 Å². The van der Waals surface area contributed by atoms with Crippen molar-refractivity contribution < 1.29 is 19.0 Å². The number of benzene rings is 2. The zero-order valence-electron chi connectivity index (χ0n) is 17.5. The lowest BCUT2D eigenvalue weighted by molar-refractivity contribution is -0.122. The summed E-state index contributed by atoms with van der Waals surface area (Å²) in [5.41, 5.74) is 6.31. The second kappa shape index (κ2) is 11.2. The van der Waals surface area contributed by atoms with E-state index >= 15 is 0 Å². The van der Waals surface area contributed by atoms with E-state index in [1.807, 2.05) is 43.3 Å². The predicted octanol–water partition coefficient (Wildman–Crippen LogP) is 4.07. The number of nitrogens with two attached hydrogens (primary N) is 1. The standard InChI is InChI=1S/C23H27ClN2O4S/c1-2-28-21-15-17(23(31)26-11-9-16(10-12-26)22(25)27)7-8-20(21)30-14-13-29-19-6-4-3-5-18(19)24/h3-8,15-16H,2,9-14H2,1H3,(H2,25,27). The maximum absolute atomic E-state index is 11.4. The van der Waals surface area contributed by atoms with E-state index in [0.29, 0.717) is 55.2 Å². The Labute approximate surface area is 193 Å². The fourth-order valence-electron chi connectivity index (χ4n) is 3.44. The van der Waals surface area contributed by atoms with Gasteiger partial charge in [0, 0.05) is 24.6 Å². The fourth-order valence-corrected chi connectivity index (χ4v) is 3.94. The molecule has 2 N–H and O–H groups in total. The van der Waals surface area contributed by atoms with Gasteiger partial charge in [-0.15, -0.1) is 0 Å². The van der Waals surface area contributed by atoms with Crippen LogP contribution in [-0.2, 0) is 4.79 Å². The third kappa shape index (κ3) is 6.24. The molecule has 0 atom stereocenters. The van der Waals surface area contributed by atoms with Gasteiger partial charge in [0.25, 0.3) is 0 Å². The van der Waals surface area contributed by atoms with Crippen LogP contribution in [0.1, 0.15) is 25.3 Å². The number of primary amides is 1. The van der Waals surface area contributed by atoms with Crippen LogP contribution >= 0.6 is 23.8 Å². The van der Waals surface area contributed by atoms with E-state index in [4.69, 9.17) is 43.8 Å². The number of halogens is 1. The Morgan fingerprint density at radius 2 is 1.74 bits per heavy atom. The van der Waals surface area contributed by atoms with E-state index in [-0.39, 0.29) is 11.8 Å². The van der Waals surface area contributed by atoms with E-state index in [0.717, 1.165) is 23.4 Å². The Bertz CT molecular complexity index is 916. The fraction of sp³-hybridized carbons (Fsp3) is 0.391. The molecule has 0 aromatic heterocycles. The van der Waals surface area contributed by atoms with Crippen LogP contribution in [0.4, 0.5) is 0 Å². The topological polar surface area (TPSA) is 74.0 Å². The van der Waals surface area contributed by atoms with Crippen LogP contribution in [0.15, 0.2) is 42.5 Å². The summed E-state index contributed by atoms with van der Waals surface area (Å²) < 4.78 is 17.3. The summed E-state index contributed by atoms with van der Waals surface area (Å²) in [5.74, 6) is 1.58. The molecular weight excluding hydrogens is 436 g/mol. The molecule has 0 radical (unpaired) electrons. The molecule has 0 spiro atoms. The number of amides is 1. The Balaban J connectivity index is 1.59. The Kier molecular flexibility index (Phi) is 8.37. The van der Waals surface area contributed by atoms with Gasteiger partial charge in [0.1, 0.15) is 24.0 Å². The van der Waals surface area contributed by atoms with Gasteiger partial charge in [-0.3, -0.25) is 4.79 Å². The molecule has 166 valence electrons. The van der Waals surface area contributed by atoms with Crippen molar-refractivity contribution in [1.82, 2.24) is 4.90 Å². The zero-order valence-corrected chi connectivity index (χ0v) is 19.1. The van der Waals surface area contributed by atoms with Crippen LogP contribution in [-0.4, -0.2) is 48.7 Å². The summed E-state index contributed by atoms with van der Waals surface area (Å²) in [5, 5.41) is 0.565. The number of likely N-dealkylation sites (tertiary alicyclic amines) is 1. The number of rotatable bonds is 9. The molecule has 2 aromatic carbocycles. The molecule has 3 rings (SSSR count). The van der Waals surface area contributed by atoms with Crippen LogP contribution in [0.5, 0.6) is 17.2 Å². The third-order valence-corrected chi connectivity index (χ3v) is 5.92. The lowest BCUT2D eigenvalue weighted by Gasteiger charge is -2.32. The minimum Gasteiger partial charge on any atom is -0.490 e. The summed E-state index contributed by atoms with van der Waals surface area (Å²) in [4.78, 5) is 14.2. The first-order valence-electron chi connectivity index (χ1n) is 10.3. The maximum Gasteiger partial charge on any atom is 0.220 e. The molecular formula is C23H27ClN2O4S. The minimum absolute atomic E-state index is 0.0678. The molecule has 0 aliphatic carbocycles. The Morgan fingerprint density at radius 3 is 2.39 bits per heavy atom. The monoisotopic (exact) mass is 462 g/mol. The number of hydrogen-bond donors (Lipinski definition) is 1. The largest absolute Gasteiger partial charge is 0.490 e. The van der Waals surface area contributed by atoms with E-state index in [1.54, 1.807) is 6.07 Å². The van der Waals surface area contributed by atoms with Crippen molar-refractivity contribution in [3.05, 3.63) is 53.1 Å². The van der Waals surface area contributed by atoms with Gasteiger partial charge in [0.05, 0.1) is 11.6 Å². The first-order valence-corrected chi connectivity index (χ1v) is 11.1. The lowest BCUT2D eigenvalue weighted by atomic mass is 9.96. The molecule has 0 bridgehead atoms. The molecule has 0 saturated carbocycles. The number of ether oxygens (including phenoxy) is 3.